The molecule has 1 aliphatic rings. The van der Waals surface area contributed by atoms with Crippen molar-refractivity contribution in [3.8, 4) is 0 Å². The molecule has 146 valence electrons. The first kappa shape index (κ1) is 18.3. The summed E-state index contributed by atoms with van der Waals surface area (Å²) in [6.07, 6.45) is 2.68. The van der Waals surface area contributed by atoms with Crippen LogP contribution in [-0.2, 0) is 22.6 Å². The summed E-state index contributed by atoms with van der Waals surface area (Å²) >= 11 is 0. The molecule has 4 rings (SSSR count). The molecule has 1 saturated heterocycles. The second-order valence-electron chi connectivity index (χ2n) is 7.76. The average molecular weight is 380 g/mol. The number of carbonyl (C=O) groups is 2. The molecule has 0 saturated carbocycles. The number of amides is 2. The Morgan fingerprint density at radius 1 is 1.39 bits per heavy atom. The molecule has 1 aliphatic heterocycles. The van der Waals surface area contributed by atoms with Gasteiger partial charge in [0.2, 0.25) is 11.8 Å². The Balaban J connectivity index is 1.41. The summed E-state index contributed by atoms with van der Waals surface area (Å²) < 4.78 is 5.30. The van der Waals surface area contributed by atoms with Gasteiger partial charge in [0.25, 0.3) is 0 Å². The van der Waals surface area contributed by atoms with Crippen LogP contribution in [0.1, 0.15) is 31.9 Å². The number of hydrogen-bond acceptors (Lipinski definition) is 4. The van der Waals surface area contributed by atoms with Crippen molar-refractivity contribution in [3.63, 3.8) is 0 Å². The number of aromatic amines is 1. The third-order valence-electron chi connectivity index (χ3n) is 4.91. The minimum absolute atomic E-state index is 0.0288. The van der Waals surface area contributed by atoms with Crippen molar-refractivity contribution in [2.24, 2.45) is 11.8 Å². The molecule has 0 spiro atoms. The molecule has 7 nitrogen and oxygen atoms in total. The quantitative estimate of drug-likeness (QED) is 0.686. The first-order valence-corrected chi connectivity index (χ1v) is 9.57. The predicted octanol–water partition coefficient (Wildman–Crippen LogP) is 3.34. The zero-order valence-corrected chi connectivity index (χ0v) is 16.1. The number of rotatable bonds is 6. The molecule has 2 N–H and O–H groups in total. The van der Waals surface area contributed by atoms with Gasteiger partial charge in [-0.25, -0.2) is 4.98 Å². The van der Waals surface area contributed by atoms with E-state index in [2.05, 4.69) is 29.1 Å². The molecule has 1 unspecified atom stereocenters. The highest BCUT2D eigenvalue weighted by atomic mass is 16.3. The molecule has 1 aromatic carbocycles. The molecule has 0 radical (unpaired) electrons. The lowest BCUT2D eigenvalue weighted by atomic mass is 10.1. The van der Waals surface area contributed by atoms with Gasteiger partial charge in [-0.05, 0) is 36.2 Å². The van der Waals surface area contributed by atoms with Crippen LogP contribution in [0.2, 0.25) is 0 Å². The Morgan fingerprint density at radius 2 is 2.25 bits per heavy atom. The second-order valence-corrected chi connectivity index (χ2v) is 7.76. The molecule has 28 heavy (non-hydrogen) atoms. The number of furan rings is 1. The Hall–Kier alpha value is -3.09. The first-order chi connectivity index (χ1) is 13.5. The van der Waals surface area contributed by atoms with E-state index in [1.807, 2.05) is 24.3 Å². The Bertz CT molecular complexity index is 990. The third-order valence-corrected chi connectivity index (χ3v) is 4.91. The molecule has 0 bridgehead atoms. The van der Waals surface area contributed by atoms with Gasteiger partial charge in [0.05, 0.1) is 29.8 Å². The summed E-state index contributed by atoms with van der Waals surface area (Å²) in [7, 11) is 0. The Labute approximate surface area is 163 Å². The topological polar surface area (TPSA) is 91.2 Å². The van der Waals surface area contributed by atoms with Crippen molar-refractivity contribution in [2.75, 3.05) is 11.9 Å². The van der Waals surface area contributed by atoms with Crippen molar-refractivity contribution >= 4 is 28.5 Å². The van der Waals surface area contributed by atoms with Gasteiger partial charge in [-0.3, -0.25) is 9.59 Å². The Morgan fingerprint density at radius 3 is 3.00 bits per heavy atom. The number of H-pyrrole nitrogens is 1. The van der Waals surface area contributed by atoms with E-state index in [9.17, 15) is 9.59 Å². The maximum Gasteiger partial charge on any atom is 0.229 e. The monoisotopic (exact) mass is 380 g/mol. The molecular formula is C21H24N4O3. The number of hydrogen-bond donors (Lipinski definition) is 2. The molecule has 3 aromatic rings. The second kappa shape index (κ2) is 7.50. The zero-order valence-electron chi connectivity index (χ0n) is 16.1. The number of benzene rings is 1. The highest BCUT2D eigenvalue weighted by Crippen LogP contribution is 2.23. The molecule has 2 aromatic heterocycles. The van der Waals surface area contributed by atoms with Gasteiger partial charge >= 0.3 is 0 Å². The lowest BCUT2D eigenvalue weighted by Gasteiger charge is -2.15. The van der Waals surface area contributed by atoms with Crippen LogP contribution in [0.4, 0.5) is 5.69 Å². The zero-order chi connectivity index (χ0) is 19.7. The lowest BCUT2D eigenvalue weighted by molar-refractivity contribution is -0.128. The van der Waals surface area contributed by atoms with Gasteiger partial charge in [-0.1, -0.05) is 13.8 Å². The fraction of sp³-hybridized carbons (Fsp3) is 0.381. The van der Waals surface area contributed by atoms with E-state index in [1.54, 1.807) is 17.2 Å². The number of carbonyl (C=O) groups excluding carboxylic acids is 2. The van der Waals surface area contributed by atoms with Crippen LogP contribution in [0.5, 0.6) is 0 Å². The number of anilines is 1. The highest BCUT2D eigenvalue weighted by molar-refractivity contribution is 5.98. The summed E-state index contributed by atoms with van der Waals surface area (Å²) in [4.78, 5) is 34.4. The third kappa shape index (κ3) is 3.93. The van der Waals surface area contributed by atoms with Crippen molar-refractivity contribution in [1.29, 1.82) is 0 Å². The van der Waals surface area contributed by atoms with Crippen LogP contribution in [0, 0.1) is 11.8 Å². The number of aromatic nitrogens is 2. The molecule has 1 fully saturated rings. The average Bonchev–Trinajstić information content (AvgIpc) is 3.35. The molecule has 0 aliphatic carbocycles. The van der Waals surface area contributed by atoms with Crippen molar-refractivity contribution in [2.45, 2.75) is 33.2 Å². The van der Waals surface area contributed by atoms with Gasteiger partial charge in [0.1, 0.15) is 11.6 Å². The molecule has 2 amide bonds. The number of nitrogens with zero attached hydrogens (tertiary/aromatic N) is 2. The maximum atomic E-state index is 12.7. The summed E-state index contributed by atoms with van der Waals surface area (Å²) in [5, 5.41) is 2.94. The van der Waals surface area contributed by atoms with Crippen LogP contribution >= 0.6 is 0 Å². The fourth-order valence-electron chi connectivity index (χ4n) is 3.56. The van der Waals surface area contributed by atoms with Gasteiger partial charge in [0.15, 0.2) is 0 Å². The van der Waals surface area contributed by atoms with E-state index in [0.29, 0.717) is 24.7 Å². The van der Waals surface area contributed by atoms with E-state index in [1.165, 1.54) is 0 Å². The minimum atomic E-state index is -0.364. The van der Waals surface area contributed by atoms with Gasteiger partial charge in [-0.15, -0.1) is 0 Å². The van der Waals surface area contributed by atoms with E-state index in [-0.39, 0.29) is 24.2 Å². The smallest absolute Gasteiger partial charge is 0.229 e. The SMILES string of the molecule is CC(C)Cc1nc2ccc(NC(=O)C3CC(=O)N(Cc4ccco4)C3)cc2[nH]1. The van der Waals surface area contributed by atoms with Gasteiger partial charge in [0, 0.05) is 25.1 Å². The number of likely N-dealkylation sites (tertiary alicyclic amines) is 1. The van der Waals surface area contributed by atoms with Crippen molar-refractivity contribution in [3.05, 3.63) is 48.2 Å². The largest absolute Gasteiger partial charge is 0.467 e. The summed E-state index contributed by atoms with van der Waals surface area (Å²) in [6.45, 7) is 5.10. The van der Waals surface area contributed by atoms with Crippen LogP contribution in [0.15, 0.2) is 41.0 Å². The molecule has 1 atom stereocenters. The number of nitrogens with one attached hydrogen (secondary N) is 2. The van der Waals surface area contributed by atoms with Gasteiger partial charge in [-0.2, -0.15) is 0 Å². The normalized spacial score (nSPS) is 17.0. The van der Waals surface area contributed by atoms with Crippen LogP contribution in [0.25, 0.3) is 11.0 Å². The van der Waals surface area contributed by atoms with Crippen molar-refractivity contribution in [1.82, 2.24) is 14.9 Å². The van der Waals surface area contributed by atoms with E-state index >= 15 is 0 Å². The Kier molecular flexibility index (Phi) is 4.90. The fourth-order valence-corrected chi connectivity index (χ4v) is 3.56. The summed E-state index contributed by atoms with van der Waals surface area (Å²) in [6, 6.07) is 9.25. The summed E-state index contributed by atoms with van der Waals surface area (Å²) in [5.74, 6) is 1.65. The first-order valence-electron chi connectivity index (χ1n) is 9.57. The minimum Gasteiger partial charge on any atom is -0.467 e. The van der Waals surface area contributed by atoms with E-state index in [4.69, 9.17) is 4.42 Å². The number of imidazole rings is 1. The number of fused-ring (bicyclic) bond motifs is 1. The van der Waals surface area contributed by atoms with E-state index in [0.717, 1.165) is 29.0 Å². The van der Waals surface area contributed by atoms with Crippen LogP contribution in [-0.4, -0.2) is 33.2 Å². The predicted molar refractivity (Wildman–Crippen MR) is 105 cm³/mol. The molecule has 7 heteroatoms. The van der Waals surface area contributed by atoms with E-state index < -0.39 is 0 Å². The summed E-state index contributed by atoms with van der Waals surface area (Å²) in [5.41, 5.74) is 2.49. The highest BCUT2D eigenvalue weighted by Gasteiger charge is 2.34. The molecule has 3 heterocycles. The maximum absolute atomic E-state index is 12.7. The van der Waals surface area contributed by atoms with Crippen molar-refractivity contribution < 1.29 is 14.0 Å². The lowest BCUT2D eigenvalue weighted by Crippen LogP contribution is -2.27. The molecular weight excluding hydrogens is 356 g/mol. The van der Waals surface area contributed by atoms with Crippen LogP contribution in [0.3, 0.4) is 0 Å². The standard InChI is InChI=1S/C21H24N4O3/c1-13(2)8-19-23-17-6-5-15(10-18(17)24-19)22-21(27)14-9-20(26)25(11-14)12-16-4-3-7-28-16/h3-7,10,13-14H,8-9,11-12H2,1-2H3,(H,22,27)(H,23,24). The van der Waals surface area contributed by atoms with Crippen LogP contribution < -0.4 is 5.32 Å². The van der Waals surface area contributed by atoms with Gasteiger partial charge < -0.3 is 19.6 Å².